The van der Waals surface area contributed by atoms with Gasteiger partial charge in [0.2, 0.25) is 5.91 Å². The molecule has 68 valence electrons. The third-order valence-electron chi connectivity index (χ3n) is 2.75. The lowest BCUT2D eigenvalue weighted by molar-refractivity contribution is -0.145. The predicted octanol–water partition coefficient (Wildman–Crippen LogP) is 0.866. The standard InChI is InChI=1S/C9H16N2O/c1-10(9(12)8-4-5-8)11-6-2-3-7-11/h8H,2-7H2,1H3. The zero-order valence-electron chi connectivity index (χ0n) is 7.62. The van der Waals surface area contributed by atoms with E-state index >= 15 is 0 Å². The van der Waals surface area contributed by atoms with Gasteiger partial charge in [-0.25, -0.2) is 5.01 Å². The molecular formula is C9H16N2O. The number of nitrogens with zero attached hydrogens (tertiary/aromatic N) is 2. The summed E-state index contributed by atoms with van der Waals surface area (Å²) in [5.74, 6) is 0.688. The highest BCUT2D eigenvalue weighted by Gasteiger charge is 2.34. The van der Waals surface area contributed by atoms with Crippen molar-refractivity contribution in [2.24, 2.45) is 5.92 Å². The molecule has 0 unspecified atom stereocenters. The van der Waals surface area contributed by atoms with E-state index in [9.17, 15) is 4.79 Å². The molecule has 3 heteroatoms. The Kier molecular flexibility index (Phi) is 2.05. The molecule has 0 radical (unpaired) electrons. The second-order valence-electron chi connectivity index (χ2n) is 3.80. The van der Waals surface area contributed by atoms with Crippen molar-refractivity contribution in [3.8, 4) is 0 Å². The minimum atomic E-state index is 0.330. The van der Waals surface area contributed by atoms with E-state index in [0.717, 1.165) is 25.9 Å². The van der Waals surface area contributed by atoms with Gasteiger partial charge in [-0.05, 0) is 25.7 Å². The molecule has 1 aliphatic heterocycles. The Labute approximate surface area is 73.3 Å². The summed E-state index contributed by atoms with van der Waals surface area (Å²) in [4.78, 5) is 11.6. The molecule has 0 aromatic carbocycles. The summed E-state index contributed by atoms with van der Waals surface area (Å²) in [7, 11) is 1.91. The van der Waals surface area contributed by atoms with Gasteiger partial charge in [-0.2, -0.15) is 0 Å². The molecular weight excluding hydrogens is 152 g/mol. The Morgan fingerprint density at radius 3 is 2.42 bits per heavy atom. The summed E-state index contributed by atoms with van der Waals surface area (Å²) in [5.41, 5.74) is 0. The first-order chi connectivity index (χ1) is 5.79. The number of hydrogen-bond acceptors (Lipinski definition) is 2. The molecule has 1 saturated heterocycles. The number of carbonyl (C=O) groups excluding carboxylic acids is 1. The molecule has 2 fully saturated rings. The van der Waals surface area contributed by atoms with Crippen molar-refractivity contribution in [2.75, 3.05) is 20.1 Å². The number of rotatable bonds is 2. The molecule has 0 aromatic heterocycles. The van der Waals surface area contributed by atoms with Crippen LogP contribution in [0.4, 0.5) is 0 Å². The molecule has 1 aliphatic carbocycles. The first kappa shape index (κ1) is 8.05. The summed E-state index contributed by atoms with van der Waals surface area (Å²) < 4.78 is 0. The van der Waals surface area contributed by atoms with Crippen LogP contribution >= 0.6 is 0 Å². The molecule has 2 rings (SSSR count). The van der Waals surface area contributed by atoms with Gasteiger partial charge in [0.1, 0.15) is 0 Å². The Morgan fingerprint density at radius 2 is 1.92 bits per heavy atom. The van der Waals surface area contributed by atoms with E-state index in [-0.39, 0.29) is 0 Å². The van der Waals surface area contributed by atoms with E-state index in [1.807, 2.05) is 12.1 Å². The van der Waals surface area contributed by atoms with Crippen LogP contribution in [-0.2, 0) is 4.79 Å². The van der Waals surface area contributed by atoms with Gasteiger partial charge in [-0.1, -0.05) is 0 Å². The lowest BCUT2D eigenvalue weighted by Crippen LogP contribution is -2.42. The minimum Gasteiger partial charge on any atom is -0.278 e. The molecule has 1 saturated carbocycles. The maximum Gasteiger partial charge on any atom is 0.239 e. The number of hydrogen-bond donors (Lipinski definition) is 0. The van der Waals surface area contributed by atoms with Gasteiger partial charge < -0.3 is 0 Å². The second kappa shape index (κ2) is 3.05. The van der Waals surface area contributed by atoms with Crippen molar-refractivity contribution in [3.05, 3.63) is 0 Å². The largest absolute Gasteiger partial charge is 0.278 e. The van der Waals surface area contributed by atoms with Crippen LogP contribution in [0.1, 0.15) is 25.7 Å². The molecule has 3 nitrogen and oxygen atoms in total. The molecule has 0 N–H and O–H groups in total. The van der Waals surface area contributed by atoms with Crippen molar-refractivity contribution in [2.45, 2.75) is 25.7 Å². The number of amides is 1. The predicted molar refractivity (Wildman–Crippen MR) is 46.3 cm³/mol. The molecule has 0 bridgehead atoms. The zero-order chi connectivity index (χ0) is 8.55. The normalized spacial score (nSPS) is 24.4. The van der Waals surface area contributed by atoms with E-state index in [1.54, 1.807) is 0 Å². The van der Waals surface area contributed by atoms with Crippen LogP contribution in [-0.4, -0.2) is 36.1 Å². The fourth-order valence-corrected chi connectivity index (χ4v) is 1.73. The van der Waals surface area contributed by atoms with E-state index in [0.29, 0.717) is 11.8 Å². The Bertz CT molecular complexity index is 183. The monoisotopic (exact) mass is 168 g/mol. The summed E-state index contributed by atoms with van der Waals surface area (Å²) in [5, 5.41) is 4.01. The van der Waals surface area contributed by atoms with Crippen molar-refractivity contribution in [1.82, 2.24) is 10.0 Å². The van der Waals surface area contributed by atoms with Crippen LogP contribution in [0.15, 0.2) is 0 Å². The van der Waals surface area contributed by atoms with Crippen LogP contribution in [0.5, 0.6) is 0 Å². The average Bonchev–Trinajstić information content (AvgIpc) is 2.79. The van der Waals surface area contributed by atoms with Gasteiger partial charge in [-0.3, -0.25) is 9.80 Å². The molecule has 12 heavy (non-hydrogen) atoms. The van der Waals surface area contributed by atoms with Crippen LogP contribution < -0.4 is 0 Å². The van der Waals surface area contributed by atoms with Crippen LogP contribution in [0, 0.1) is 5.92 Å². The lowest BCUT2D eigenvalue weighted by Gasteiger charge is -2.27. The topological polar surface area (TPSA) is 23.6 Å². The fraction of sp³-hybridized carbons (Fsp3) is 0.889. The van der Waals surface area contributed by atoms with Gasteiger partial charge in [0.15, 0.2) is 0 Å². The average molecular weight is 168 g/mol. The fourth-order valence-electron chi connectivity index (χ4n) is 1.73. The Morgan fingerprint density at radius 1 is 1.33 bits per heavy atom. The highest BCUT2D eigenvalue weighted by atomic mass is 16.2. The Hall–Kier alpha value is -0.570. The maximum absolute atomic E-state index is 11.6. The van der Waals surface area contributed by atoms with Gasteiger partial charge in [0.25, 0.3) is 0 Å². The summed E-state index contributed by atoms with van der Waals surface area (Å²) >= 11 is 0. The highest BCUT2D eigenvalue weighted by molar-refractivity contribution is 5.80. The van der Waals surface area contributed by atoms with Crippen LogP contribution in [0.2, 0.25) is 0 Å². The number of hydrazine groups is 1. The van der Waals surface area contributed by atoms with Gasteiger partial charge in [0, 0.05) is 26.1 Å². The third kappa shape index (κ3) is 1.46. The molecule has 0 aromatic rings. The van der Waals surface area contributed by atoms with Crippen LogP contribution in [0.25, 0.3) is 0 Å². The molecule has 1 heterocycles. The van der Waals surface area contributed by atoms with Crippen LogP contribution in [0.3, 0.4) is 0 Å². The van der Waals surface area contributed by atoms with E-state index in [1.165, 1.54) is 12.8 Å². The van der Waals surface area contributed by atoms with Crippen molar-refractivity contribution < 1.29 is 4.79 Å². The van der Waals surface area contributed by atoms with Crippen molar-refractivity contribution in [3.63, 3.8) is 0 Å². The molecule has 0 atom stereocenters. The smallest absolute Gasteiger partial charge is 0.239 e. The lowest BCUT2D eigenvalue weighted by atomic mass is 10.4. The zero-order valence-corrected chi connectivity index (χ0v) is 7.62. The molecule has 0 spiro atoms. The third-order valence-corrected chi connectivity index (χ3v) is 2.75. The summed E-state index contributed by atoms with van der Waals surface area (Å²) in [6, 6.07) is 0. The van der Waals surface area contributed by atoms with E-state index in [4.69, 9.17) is 0 Å². The SMILES string of the molecule is CN(C(=O)C1CC1)N1CCCC1. The highest BCUT2D eigenvalue weighted by Crippen LogP contribution is 2.31. The molecule has 2 aliphatic rings. The summed E-state index contributed by atoms with van der Waals surface area (Å²) in [6.45, 7) is 2.13. The quantitative estimate of drug-likeness (QED) is 0.610. The first-order valence-corrected chi connectivity index (χ1v) is 4.81. The van der Waals surface area contributed by atoms with E-state index < -0.39 is 0 Å². The minimum absolute atomic E-state index is 0.330. The van der Waals surface area contributed by atoms with Gasteiger partial charge in [-0.15, -0.1) is 0 Å². The summed E-state index contributed by atoms with van der Waals surface area (Å²) in [6.07, 6.45) is 4.69. The number of carbonyl (C=O) groups is 1. The maximum atomic E-state index is 11.6. The van der Waals surface area contributed by atoms with Gasteiger partial charge >= 0.3 is 0 Å². The second-order valence-corrected chi connectivity index (χ2v) is 3.80. The van der Waals surface area contributed by atoms with Gasteiger partial charge in [0.05, 0.1) is 0 Å². The molecule has 1 amide bonds. The Balaban J connectivity index is 1.88. The van der Waals surface area contributed by atoms with E-state index in [2.05, 4.69) is 5.01 Å². The first-order valence-electron chi connectivity index (χ1n) is 4.81. The van der Waals surface area contributed by atoms with Crippen molar-refractivity contribution >= 4 is 5.91 Å². The van der Waals surface area contributed by atoms with Crippen molar-refractivity contribution in [1.29, 1.82) is 0 Å².